The number of thiophene rings is 1. The van der Waals surface area contributed by atoms with Gasteiger partial charge in [0.2, 0.25) is 0 Å². The van der Waals surface area contributed by atoms with E-state index in [1.165, 1.54) is 0 Å². The van der Waals surface area contributed by atoms with Gasteiger partial charge in [0.05, 0.1) is 12.2 Å². The van der Waals surface area contributed by atoms with Gasteiger partial charge in [0.1, 0.15) is 5.75 Å². The molecule has 124 valence electrons. The SMILES string of the molecule is CC(C)Oc1cccc(C(O)CNC(=O)NCc2ccsc2)c1. The lowest BCUT2D eigenvalue weighted by Crippen LogP contribution is -2.37. The van der Waals surface area contributed by atoms with Crippen molar-refractivity contribution in [3.63, 3.8) is 0 Å². The number of carbonyl (C=O) groups is 1. The van der Waals surface area contributed by atoms with E-state index in [2.05, 4.69) is 10.6 Å². The summed E-state index contributed by atoms with van der Waals surface area (Å²) in [5.41, 5.74) is 1.77. The van der Waals surface area contributed by atoms with Crippen LogP contribution in [0.1, 0.15) is 31.1 Å². The first-order valence-electron chi connectivity index (χ1n) is 7.52. The zero-order chi connectivity index (χ0) is 16.7. The van der Waals surface area contributed by atoms with Crippen molar-refractivity contribution in [3.8, 4) is 5.75 Å². The molecule has 0 aliphatic heterocycles. The normalized spacial score (nSPS) is 12.0. The fourth-order valence-corrected chi connectivity index (χ4v) is 2.68. The van der Waals surface area contributed by atoms with Crippen LogP contribution < -0.4 is 15.4 Å². The quantitative estimate of drug-likeness (QED) is 0.729. The predicted octanol–water partition coefficient (Wildman–Crippen LogP) is 3.07. The first-order chi connectivity index (χ1) is 11.0. The number of amides is 2. The van der Waals surface area contributed by atoms with Gasteiger partial charge in [0.15, 0.2) is 0 Å². The Kier molecular flexibility index (Phi) is 6.43. The van der Waals surface area contributed by atoms with Gasteiger partial charge in [0.25, 0.3) is 0 Å². The first-order valence-corrected chi connectivity index (χ1v) is 8.46. The lowest BCUT2D eigenvalue weighted by atomic mass is 10.1. The highest BCUT2D eigenvalue weighted by Gasteiger charge is 2.11. The Morgan fingerprint density at radius 2 is 2.13 bits per heavy atom. The van der Waals surface area contributed by atoms with Gasteiger partial charge in [-0.25, -0.2) is 4.79 Å². The Balaban J connectivity index is 1.79. The number of hydrogen-bond donors (Lipinski definition) is 3. The van der Waals surface area contributed by atoms with Crippen LogP contribution in [-0.2, 0) is 6.54 Å². The van der Waals surface area contributed by atoms with Crippen molar-refractivity contribution >= 4 is 17.4 Å². The molecule has 1 unspecified atom stereocenters. The second-order valence-corrected chi connectivity index (χ2v) is 6.23. The van der Waals surface area contributed by atoms with Gasteiger partial charge >= 0.3 is 6.03 Å². The molecule has 23 heavy (non-hydrogen) atoms. The van der Waals surface area contributed by atoms with Gasteiger partial charge < -0.3 is 20.5 Å². The van der Waals surface area contributed by atoms with Gasteiger partial charge in [-0.2, -0.15) is 11.3 Å². The molecule has 5 nitrogen and oxygen atoms in total. The minimum absolute atomic E-state index is 0.0726. The summed E-state index contributed by atoms with van der Waals surface area (Å²) in [6.45, 7) is 4.51. The van der Waals surface area contributed by atoms with E-state index in [4.69, 9.17) is 4.74 Å². The summed E-state index contributed by atoms with van der Waals surface area (Å²) < 4.78 is 5.60. The van der Waals surface area contributed by atoms with Crippen LogP contribution in [0.15, 0.2) is 41.1 Å². The zero-order valence-corrected chi connectivity index (χ0v) is 14.1. The third-order valence-electron chi connectivity index (χ3n) is 3.10. The molecule has 0 spiro atoms. The number of benzene rings is 1. The van der Waals surface area contributed by atoms with Crippen molar-refractivity contribution in [2.75, 3.05) is 6.54 Å². The van der Waals surface area contributed by atoms with Crippen LogP contribution in [0.5, 0.6) is 5.75 Å². The Hall–Kier alpha value is -2.05. The van der Waals surface area contributed by atoms with Crippen LogP contribution >= 0.6 is 11.3 Å². The maximum atomic E-state index is 11.7. The number of carbonyl (C=O) groups excluding carboxylic acids is 1. The minimum Gasteiger partial charge on any atom is -0.491 e. The van der Waals surface area contributed by atoms with E-state index in [1.807, 2.05) is 48.9 Å². The van der Waals surface area contributed by atoms with Crippen molar-refractivity contribution in [2.45, 2.75) is 32.6 Å². The molecule has 1 aromatic heterocycles. The van der Waals surface area contributed by atoms with Crippen molar-refractivity contribution < 1.29 is 14.6 Å². The van der Waals surface area contributed by atoms with Crippen LogP contribution in [-0.4, -0.2) is 23.8 Å². The van der Waals surface area contributed by atoms with Gasteiger partial charge in [-0.1, -0.05) is 12.1 Å². The summed E-state index contributed by atoms with van der Waals surface area (Å²) in [7, 11) is 0. The molecule has 2 rings (SSSR count). The zero-order valence-electron chi connectivity index (χ0n) is 13.3. The van der Waals surface area contributed by atoms with Crippen LogP contribution in [0, 0.1) is 0 Å². The highest BCUT2D eigenvalue weighted by Crippen LogP contribution is 2.19. The molecule has 1 aromatic carbocycles. The third kappa shape index (κ3) is 5.92. The van der Waals surface area contributed by atoms with Gasteiger partial charge in [-0.3, -0.25) is 0 Å². The number of hydrogen-bond acceptors (Lipinski definition) is 4. The smallest absolute Gasteiger partial charge is 0.315 e. The lowest BCUT2D eigenvalue weighted by molar-refractivity contribution is 0.172. The fourth-order valence-electron chi connectivity index (χ4n) is 2.01. The Bertz CT molecular complexity index is 614. The molecule has 1 heterocycles. The molecular formula is C17H22N2O3S. The molecule has 0 aliphatic carbocycles. The van der Waals surface area contributed by atoms with E-state index in [0.29, 0.717) is 17.9 Å². The number of aliphatic hydroxyl groups is 1. The van der Waals surface area contributed by atoms with E-state index in [0.717, 1.165) is 5.56 Å². The minimum atomic E-state index is -0.780. The number of urea groups is 1. The molecule has 2 amide bonds. The average Bonchev–Trinajstić information content (AvgIpc) is 3.03. The van der Waals surface area contributed by atoms with Crippen molar-refractivity contribution in [3.05, 3.63) is 52.2 Å². The summed E-state index contributed by atoms with van der Waals surface area (Å²) in [5, 5.41) is 19.5. The monoisotopic (exact) mass is 334 g/mol. The lowest BCUT2D eigenvalue weighted by Gasteiger charge is -2.15. The van der Waals surface area contributed by atoms with E-state index in [1.54, 1.807) is 17.4 Å². The molecule has 1 atom stereocenters. The second kappa shape index (κ2) is 8.55. The van der Waals surface area contributed by atoms with Crippen molar-refractivity contribution in [1.29, 1.82) is 0 Å². The molecule has 0 bridgehead atoms. The molecule has 0 aliphatic rings. The highest BCUT2D eigenvalue weighted by molar-refractivity contribution is 7.07. The topological polar surface area (TPSA) is 70.6 Å². The predicted molar refractivity (Wildman–Crippen MR) is 91.7 cm³/mol. The highest BCUT2D eigenvalue weighted by atomic mass is 32.1. The maximum Gasteiger partial charge on any atom is 0.315 e. The van der Waals surface area contributed by atoms with Crippen LogP contribution in [0.25, 0.3) is 0 Å². The van der Waals surface area contributed by atoms with E-state index < -0.39 is 6.10 Å². The van der Waals surface area contributed by atoms with Crippen molar-refractivity contribution in [1.82, 2.24) is 10.6 Å². The maximum absolute atomic E-state index is 11.7. The number of rotatable bonds is 7. The number of ether oxygens (including phenoxy) is 1. The molecule has 6 heteroatoms. The summed E-state index contributed by atoms with van der Waals surface area (Å²) in [4.78, 5) is 11.7. The van der Waals surface area contributed by atoms with Gasteiger partial charge in [-0.15, -0.1) is 0 Å². The summed E-state index contributed by atoms with van der Waals surface area (Å²) in [6, 6.07) is 8.92. The molecule has 2 aromatic rings. The standard InChI is InChI=1S/C17H22N2O3S/c1-12(2)22-15-5-3-4-14(8-15)16(20)10-19-17(21)18-9-13-6-7-23-11-13/h3-8,11-12,16,20H,9-10H2,1-2H3,(H2,18,19,21). The van der Waals surface area contributed by atoms with Crippen LogP contribution in [0.3, 0.4) is 0 Å². The summed E-state index contributed by atoms with van der Waals surface area (Å²) >= 11 is 1.59. The molecule has 0 saturated carbocycles. The third-order valence-corrected chi connectivity index (χ3v) is 3.84. The van der Waals surface area contributed by atoms with Crippen LogP contribution in [0.4, 0.5) is 4.79 Å². The van der Waals surface area contributed by atoms with Gasteiger partial charge in [-0.05, 0) is 53.9 Å². The molecular weight excluding hydrogens is 312 g/mol. The average molecular weight is 334 g/mol. The van der Waals surface area contributed by atoms with Crippen LogP contribution in [0.2, 0.25) is 0 Å². The molecule has 0 radical (unpaired) electrons. The number of nitrogens with one attached hydrogen (secondary N) is 2. The summed E-state index contributed by atoms with van der Waals surface area (Å²) in [6.07, 6.45) is -0.707. The molecule has 0 fully saturated rings. The van der Waals surface area contributed by atoms with Gasteiger partial charge in [0, 0.05) is 13.1 Å². The fraction of sp³-hybridized carbons (Fsp3) is 0.353. The Morgan fingerprint density at radius 1 is 1.30 bits per heavy atom. The van der Waals surface area contributed by atoms with E-state index in [-0.39, 0.29) is 18.7 Å². The second-order valence-electron chi connectivity index (χ2n) is 5.45. The Labute approximate surface area is 140 Å². The largest absolute Gasteiger partial charge is 0.491 e. The number of aliphatic hydroxyl groups excluding tert-OH is 1. The first kappa shape index (κ1) is 17.3. The summed E-state index contributed by atoms with van der Waals surface area (Å²) in [5.74, 6) is 0.707. The molecule has 0 saturated heterocycles. The molecule has 3 N–H and O–H groups in total. The van der Waals surface area contributed by atoms with Crippen molar-refractivity contribution in [2.24, 2.45) is 0 Å². The van der Waals surface area contributed by atoms with E-state index >= 15 is 0 Å². The Morgan fingerprint density at radius 3 is 2.83 bits per heavy atom. The van der Waals surface area contributed by atoms with E-state index in [9.17, 15) is 9.90 Å².